The third-order valence-corrected chi connectivity index (χ3v) is 7.16. The van der Waals surface area contributed by atoms with Gasteiger partial charge in [-0.25, -0.2) is 4.98 Å². The van der Waals surface area contributed by atoms with E-state index in [1.807, 2.05) is 12.1 Å². The number of anilines is 2. The molecule has 0 spiro atoms. The van der Waals surface area contributed by atoms with Crippen LogP contribution in [-0.4, -0.2) is 32.0 Å². The third kappa shape index (κ3) is 5.77. The molecule has 0 radical (unpaired) electrons. The van der Waals surface area contributed by atoms with Crippen LogP contribution in [-0.2, 0) is 0 Å². The number of rotatable bonds is 6. The number of nitrogens with zero attached hydrogens (tertiary/aromatic N) is 2. The molecule has 0 aliphatic carbocycles. The van der Waals surface area contributed by atoms with Crippen LogP contribution in [0.15, 0.2) is 54.7 Å². The van der Waals surface area contributed by atoms with Gasteiger partial charge < -0.3 is 15.4 Å². The maximum Gasteiger partial charge on any atom is 0.259 e. The molecule has 2 N–H and O–H groups in total. The number of carbonyl (C=O) groups is 2. The number of ether oxygens (including phenoxy) is 1. The van der Waals surface area contributed by atoms with Gasteiger partial charge in [0.2, 0.25) is 0 Å². The molecule has 7 nitrogen and oxygen atoms in total. The molecule has 2 amide bonds. The minimum Gasteiger partial charge on any atom is -0.494 e. The Morgan fingerprint density at radius 2 is 1.73 bits per heavy atom. The number of amides is 2. The smallest absolute Gasteiger partial charge is 0.259 e. The third-order valence-electron chi connectivity index (χ3n) is 4.92. The van der Waals surface area contributed by atoms with Gasteiger partial charge in [-0.15, -0.1) is 0 Å². The topological polar surface area (TPSA) is 104 Å². The van der Waals surface area contributed by atoms with E-state index in [1.54, 1.807) is 12.3 Å². The molecule has 9 heteroatoms. The Hall–Kier alpha value is -3.67. The number of nitriles is 1. The summed E-state index contributed by atoms with van der Waals surface area (Å²) in [5.74, 6) is -0.354. The highest BCUT2D eigenvalue weighted by Gasteiger charge is 2.21. The standard InChI is InChI=1S/C24H23ClN4O3Si/c1-32-20-12-17(25)11-19(22(20)29-23(30)16-7-5-15(13-26)6-8-16)24(31)28-21-10-9-18(14-27-21)33(2,3)4/h5-12,14H,1-4H3,(H,29,30)(H,27,28,31). The van der Waals surface area contributed by atoms with E-state index in [2.05, 4.69) is 35.3 Å². The fourth-order valence-corrected chi connectivity index (χ4v) is 4.27. The van der Waals surface area contributed by atoms with E-state index in [4.69, 9.17) is 21.6 Å². The van der Waals surface area contributed by atoms with Gasteiger partial charge in [-0.1, -0.05) is 37.3 Å². The van der Waals surface area contributed by atoms with Crippen LogP contribution in [0, 0.1) is 11.3 Å². The summed E-state index contributed by atoms with van der Waals surface area (Å²) in [6, 6.07) is 14.8. The fourth-order valence-electron chi connectivity index (χ4n) is 3.03. The molecule has 168 valence electrons. The number of carbonyl (C=O) groups excluding carboxylic acids is 2. The van der Waals surface area contributed by atoms with Gasteiger partial charge in [-0.05, 0) is 41.6 Å². The lowest BCUT2D eigenvalue weighted by Gasteiger charge is -2.17. The number of aromatic nitrogens is 1. The molecule has 0 bridgehead atoms. The van der Waals surface area contributed by atoms with Crippen LogP contribution < -0.4 is 20.6 Å². The molecule has 0 unspecified atom stereocenters. The molecular formula is C24H23ClN4O3Si. The normalized spacial score (nSPS) is 10.8. The summed E-state index contributed by atoms with van der Waals surface area (Å²) in [5.41, 5.74) is 1.05. The first kappa shape index (κ1) is 24.0. The van der Waals surface area contributed by atoms with Crippen LogP contribution in [0.5, 0.6) is 5.75 Å². The fraction of sp³-hybridized carbons (Fsp3) is 0.167. The van der Waals surface area contributed by atoms with Crippen molar-refractivity contribution in [2.45, 2.75) is 19.6 Å². The summed E-state index contributed by atoms with van der Waals surface area (Å²) in [4.78, 5) is 30.3. The number of hydrogen-bond donors (Lipinski definition) is 2. The van der Waals surface area contributed by atoms with Crippen LogP contribution >= 0.6 is 11.6 Å². The van der Waals surface area contributed by atoms with E-state index in [1.165, 1.54) is 48.7 Å². The van der Waals surface area contributed by atoms with Crippen molar-refractivity contribution in [2.75, 3.05) is 17.7 Å². The monoisotopic (exact) mass is 478 g/mol. The van der Waals surface area contributed by atoms with Gasteiger partial charge in [-0.2, -0.15) is 5.26 Å². The molecule has 0 atom stereocenters. The summed E-state index contributed by atoms with van der Waals surface area (Å²) in [5, 5.41) is 15.9. The molecule has 0 fully saturated rings. The molecule has 0 saturated heterocycles. The SMILES string of the molecule is COc1cc(Cl)cc(C(=O)Nc2ccc([Si](C)(C)C)cn2)c1NC(=O)c1ccc(C#N)cc1. The Morgan fingerprint density at radius 1 is 1.03 bits per heavy atom. The molecule has 2 aromatic carbocycles. The van der Waals surface area contributed by atoms with Crippen molar-refractivity contribution in [2.24, 2.45) is 0 Å². The number of methoxy groups -OCH3 is 1. The van der Waals surface area contributed by atoms with E-state index >= 15 is 0 Å². The van der Waals surface area contributed by atoms with Crippen molar-refractivity contribution in [3.05, 3.63) is 76.4 Å². The summed E-state index contributed by atoms with van der Waals surface area (Å²) < 4.78 is 5.36. The first-order valence-corrected chi connectivity index (χ1v) is 14.0. The van der Waals surface area contributed by atoms with E-state index in [0.717, 1.165) is 0 Å². The van der Waals surface area contributed by atoms with Crippen LogP contribution in [0.25, 0.3) is 0 Å². The average molecular weight is 479 g/mol. The van der Waals surface area contributed by atoms with Gasteiger partial charge in [0.15, 0.2) is 0 Å². The molecule has 0 aliphatic rings. The van der Waals surface area contributed by atoms with E-state index in [-0.39, 0.29) is 22.0 Å². The minimum atomic E-state index is -1.52. The molecule has 0 aliphatic heterocycles. The average Bonchev–Trinajstić information content (AvgIpc) is 2.79. The van der Waals surface area contributed by atoms with E-state index in [9.17, 15) is 9.59 Å². The second kappa shape index (κ2) is 9.86. The first-order valence-electron chi connectivity index (χ1n) is 10.1. The largest absolute Gasteiger partial charge is 0.494 e. The maximum atomic E-state index is 13.1. The van der Waals surface area contributed by atoms with Gasteiger partial charge >= 0.3 is 0 Å². The zero-order chi connectivity index (χ0) is 24.2. The van der Waals surface area contributed by atoms with Crippen molar-refractivity contribution >= 4 is 48.2 Å². The number of hydrogen-bond acceptors (Lipinski definition) is 5. The van der Waals surface area contributed by atoms with E-state index in [0.29, 0.717) is 16.9 Å². The number of nitrogens with one attached hydrogen (secondary N) is 2. The van der Waals surface area contributed by atoms with Crippen LogP contribution in [0.3, 0.4) is 0 Å². The number of benzene rings is 2. The van der Waals surface area contributed by atoms with Crippen molar-refractivity contribution < 1.29 is 14.3 Å². The summed E-state index contributed by atoms with van der Waals surface area (Å²) >= 11 is 6.19. The number of halogens is 1. The molecule has 1 heterocycles. The van der Waals surface area contributed by atoms with Crippen molar-refractivity contribution in [1.82, 2.24) is 4.98 Å². The quantitative estimate of drug-likeness (QED) is 0.501. The predicted octanol–water partition coefficient (Wildman–Crippen LogP) is 4.67. The highest BCUT2D eigenvalue weighted by atomic mass is 35.5. The molecule has 33 heavy (non-hydrogen) atoms. The molecule has 3 aromatic rings. The Labute approximate surface area is 198 Å². The molecule has 1 aromatic heterocycles. The van der Waals surface area contributed by atoms with Gasteiger partial charge in [0.25, 0.3) is 11.8 Å². The van der Waals surface area contributed by atoms with E-state index < -0.39 is 19.9 Å². The number of pyridine rings is 1. The minimum absolute atomic E-state index is 0.123. The zero-order valence-corrected chi connectivity index (χ0v) is 20.4. The van der Waals surface area contributed by atoms with Gasteiger partial charge in [0, 0.05) is 22.8 Å². The zero-order valence-electron chi connectivity index (χ0n) is 18.7. The lowest BCUT2D eigenvalue weighted by Crippen LogP contribution is -2.37. The van der Waals surface area contributed by atoms with Crippen LogP contribution in [0.4, 0.5) is 11.5 Å². The molecule has 3 rings (SSSR count). The van der Waals surface area contributed by atoms with Crippen molar-refractivity contribution in [3.63, 3.8) is 0 Å². The van der Waals surface area contributed by atoms with Gasteiger partial charge in [0.05, 0.1) is 38.1 Å². The van der Waals surface area contributed by atoms with Gasteiger partial charge in [0.1, 0.15) is 11.6 Å². The Kier molecular flexibility index (Phi) is 7.16. The van der Waals surface area contributed by atoms with Crippen molar-refractivity contribution in [1.29, 1.82) is 5.26 Å². The van der Waals surface area contributed by atoms with Crippen LogP contribution in [0.1, 0.15) is 26.3 Å². The molecular weight excluding hydrogens is 456 g/mol. The predicted molar refractivity (Wildman–Crippen MR) is 132 cm³/mol. The summed E-state index contributed by atoms with van der Waals surface area (Å²) in [6.45, 7) is 6.63. The highest BCUT2D eigenvalue weighted by Crippen LogP contribution is 2.33. The lowest BCUT2D eigenvalue weighted by molar-refractivity contribution is 0.102. The van der Waals surface area contributed by atoms with Gasteiger partial charge in [-0.3, -0.25) is 9.59 Å². The summed E-state index contributed by atoms with van der Waals surface area (Å²) in [7, 11) is -0.102. The Bertz CT molecular complexity index is 1230. The second-order valence-corrected chi connectivity index (χ2v) is 13.8. The van der Waals surface area contributed by atoms with Crippen molar-refractivity contribution in [3.8, 4) is 11.8 Å². The first-order chi connectivity index (χ1) is 15.6. The highest BCUT2D eigenvalue weighted by molar-refractivity contribution is 6.88. The second-order valence-electron chi connectivity index (χ2n) is 8.31. The Morgan fingerprint density at radius 3 is 2.27 bits per heavy atom. The van der Waals surface area contributed by atoms with Crippen LogP contribution in [0.2, 0.25) is 24.7 Å². The maximum absolute atomic E-state index is 13.1. The Balaban J connectivity index is 1.91. The summed E-state index contributed by atoms with van der Waals surface area (Å²) in [6.07, 6.45) is 1.77. The molecule has 0 saturated carbocycles. The lowest BCUT2D eigenvalue weighted by atomic mass is 10.1.